The van der Waals surface area contributed by atoms with Crippen LogP contribution in [0.1, 0.15) is 19.8 Å². The highest BCUT2D eigenvalue weighted by molar-refractivity contribution is 5.69. The highest BCUT2D eigenvalue weighted by Crippen LogP contribution is 2.30. The van der Waals surface area contributed by atoms with Crippen LogP contribution in [0.15, 0.2) is 18.2 Å². The molecule has 0 amide bonds. The van der Waals surface area contributed by atoms with Gasteiger partial charge in [-0.05, 0) is 36.5 Å². The van der Waals surface area contributed by atoms with E-state index in [9.17, 15) is 0 Å². The van der Waals surface area contributed by atoms with Crippen molar-refractivity contribution in [1.82, 2.24) is 0 Å². The fraction of sp³-hybridized carbons (Fsp3) is 0.538. The molecule has 0 atom stereocenters. The minimum Gasteiger partial charge on any atom is -0.397 e. The standard InChI is InChI=1S/C13H21N3O/c1-13(4-6-17-7-5-13)9-16-10-2-3-11(14)12(15)8-10/h2-3,8,16H,4-7,9,14-15H2,1H3. The molecule has 2 rings (SSSR count). The van der Waals surface area contributed by atoms with Gasteiger partial charge in [0.1, 0.15) is 0 Å². The quantitative estimate of drug-likeness (QED) is 0.701. The molecular formula is C13H21N3O. The monoisotopic (exact) mass is 235 g/mol. The molecule has 0 unspecified atom stereocenters. The first-order valence-corrected chi connectivity index (χ1v) is 6.06. The van der Waals surface area contributed by atoms with Crippen LogP contribution >= 0.6 is 0 Å². The average molecular weight is 235 g/mol. The molecule has 1 aromatic rings. The second-order valence-corrected chi connectivity index (χ2v) is 5.12. The number of hydrogen-bond acceptors (Lipinski definition) is 4. The molecule has 4 nitrogen and oxygen atoms in total. The number of nitrogens with two attached hydrogens (primary N) is 2. The van der Waals surface area contributed by atoms with Crippen LogP contribution < -0.4 is 16.8 Å². The zero-order valence-electron chi connectivity index (χ0n) is 10.3. The van der Waals surface area contributed by atoms with Gasteiger partial charge < -0.3 is 21.5 Å². The Labute approximate surface area is 102 Å². The van der Waals surface area contributed by atoms with Gasteiger partial charge in [0.2, 0.25) is 0 Å². The van der Waals surface area contributed by atoms with E-state index in [0.717, 1.165) is 38.3 Å². The average Bonchev–Trinajstić information content (AvgIpc) is 2.32. The van der Waals surface area contributed by atoms with E-state index in [1.807, 2.05) is 18.2 Å². The van der Waals surface area contributed by atoms with Gasteiger partial charge >= 0.3 is 0 Å². The first-order valence-electron chi connectivity index (χ1n) is 6.06. The van der Waals surface area contributed by atoms with Crippen LogP contribution in [0.3, 0.4) is 0 Å². The molecule has 17 heavy (non-hydrogen) atoms. The number of nitrogen functional groups attached to an aromatic ring is 2. The Morgan fingerprint density at radius 1 is 1.24 bits per heavy atom. The lowest BCUT2D eigenvalue weighted by Crippen LogP contribution is -2.33. The van der Waals surface area contributed by atoms with Gasteiger partial charge in [0.25, 0.3) is 0 Å². The summed E-state index contributed by atoms with van der Waals surface area (Å²) in [6.07, 6.45) is 2.20. The lowest BCUT2D eigenvalue weighted by molar-refractivity contribution is 0.0300. The van der Waals surface area contributed by atoms with Crippen LogP contribution in [0.5, 0.6) is 0 Å². The lowest BCUT2D eigenvalue weighted by Gasteiger charge is -2.34. The molecule has 1 fully saturated rings. The zero-order chi connectivity index (χ0) is 12.3. The van der Waals surface area contributed by atoms with Crippen LogP contribution in [0.4, 0.5) is 17.1 Å². The maximum atomic E-state index is 5.78. The minimum absolute atomic E-state index is 0.314. The van der Waals surface area contributed by atoms with E-state index >= 15 is 0 Å². The third-order valence-corrected chi connectivity index (χ3v) is 3.51. The SMILES string of the molecule is CC1(CNc2ccc(N)c(N)c2)CCOCC1. The minimum atomic E-state index is 0.314. The number of anilines is 3. The number of ether oxygens (including phenoxy) is 1. The molecule has 94 valence electrons. The molecule has 1 saturated heterocycles. The van der Waals surface area contributed by atoms with Gasteiger partial charge in [0, 0.05) is 25.4 Å². The van der Waals surface area contributed by atoms with Crippen LogP contribution in [-0.2, 0) is 4.74 Å². The third kappa shape index (κ3) is 3.03. The fourth-order valence-corrected chi connectivity index (χ4v) is 2.04. The van der Waals surface area contributed by atoms with Crippen molar-refractivity contribution in [2.24, 2.45) is 5.41 Å². The van der Waals surface area contributed by atoms with Gasteiger partial charge in [-0.2, -0.15) is 0 Å². The second kappa shape index (κ2) is 4.84. The topological polar surface area (TPSA) is 73.3 Å². The number of rotatable bonds is 3. The highest BCUT2D eigenvalue weighted by atomic mass is 16.5. The highest BCUT2D eigenvalue weighted by Gasteiger charge is 2.26. The Bertz CT molecular complexity index is 386. The van der Waals surface area contributed by atoms with E-state index in [4.69, 9.17) is 16.2 Å². The van der Waals surface area contributed by atoms with Crippen molar-refractivity contribution >= 4 is 17.1 Å². The van der Waals surface area contributed by atoms with Crippen molar-refractivity contribution in [3.63, 3.8) is 0 Å². The largest absolute Gasteiger partial charge is 0.397 e. The smallest absolute Gasteiger partial charge is 0.0568 e. The number of benzene rings is 1. The molecule has 1 aliphatic heterocycles. The summed E-state index contributed by atoms with van der Waals surface area (Å²) in [6.45, 7) is 4.97. The van der Waals surface area contributed by atoms with E-state index in [1.165, 1.54) is 0 Å². The summed E-state index contributed by atoms with van der Waals surface area (Å²) in [5.74, 6) is 0. The molecular weight excluding hydrogens is 214 g/mol. The molecule has 1 heterocycles. The van der Waals surface area contributed by atoms with Crippen LogP contribution in [-0.4, -0.2) is 19.8 Å². The van der Waals surface area contributed by atoms with Gasteiger partial charge in [-0.3, -0.25) is 0 Å². The summed E-state index contributed by atoms with van der Waals surface area (Å²) in [6, 6.07) is 5.69. The van der Waals surface area contributed by atoms with E-state index < -0.39 is 0 Å². The summed E-state index contributed by atoms with van der Waals surface area (Å²) >= 11 is 0. The molecule has 0 radical (unpaired) electrons. The van der Waals surface area contributed by atoms with Crippen molar-refractivity contribution in [2.75, 3.05) is 36.5 Å². The molecule has 0 saturated carbocycles. The Hall–Kier alpha value is -1.42. The van der Waals surface area contributed by atoms with Gasteiger partial charge in [-0.25, -0.2) is 0 Å². The van der Waals surface area contributed by atoms with E-state index in [-0.39, 0.29) is 0 Å². The molecule has 0 spiro atoms. The van der Waals surface area contributed by atoms with E-state index in [0.29, 0.717) is 16.8 Å². The normalized spacial score (nSPS) is 18.9. The number of hydrogen-bond donors (Lipinski definition) is 3. The first-order chi connectivity index (χ1) is 8.09. The Kier molecular flexibility index (Phi) is 3.43. The fourth-order valence-electron chi connectivity index (χ4n) is 2.04. The Morgan fingerprint density at radius 2 is 1.94 bits per heavy atom. The summed E-state index contributed by atoms with van der Waals surface area (Å²) < 4.78 is 5.39. The van der Waals surface area contributed by atoms with Gasteiger partial charge in [0.15, 0.2) is 0 Å². The van der Waals surface area contributed by atoms with E-state index in [1.54, 1.807) is 0 Å². The van der Waals surface area contributed by atoms with Gasteiger partial charge in [-0.15, -0.1) is 0 Å². The molecule has 0 aromatic heterocycles. The van der Waals surface area contributed by atoms with Crippen molar-refractivity contribution < 1.29 is 4.74 Å². The number of nitrogens with one attached hydrogen (secondary N) is 1. The van der Waals surface area contributed by atoms with Gasteiger partial charge in [-0.1, -0.05) is 6.92 Å². The summed E-state index contributed by atoms with van der Waals surface area (Å²) in [4.78, 5) is 0. The molecule has 0 aliphatic carbocycles. The van der Waals surface area contributed by atoms with Gasteiger partial charge in [0.05, 0.1) is 11.4 Å². The molecule has 1 aromatic carbocycles. The van der Waals surface area contributed by atoms with Crippen molar-refractivity contribution in [3.8, 4) is 0 Å². The van der Waals surface area contributed by atoms with Crippen molar-refractivity contribution in [2.45, 2.75) is 19.8 Å². The van der Waals surface area contributed by atoms with Crippen LogP contribution in [0, 0.1) is 5.41 Å². The Balaban J connectivity index is 1.94. The van der Waals surface area contributed by atoms with Crippen molar-refractivity contribution in [3.05, 3.63) is 18.2 Å². The summed E-state index contributed by atoms with van der Waals surface area (Å²) in [7, 11) is 0. The van der Waals surface area contributed by atoms with Crippen molar-refractivity contribution in [1.29, 1.82) is 0 Å². The summed E-state index contributed by atoms with van der Waals surface area (Å²) in [5.41, 5.74) is 14.1. The molecule has 4 heteroatoms. The second-order valence-electron chi connectivity index (χ2n) is 5.12. The first kappa shape index (κ1) is 12.0. The lowest BCUT2D eigenvalue weighted by atomic mass is 9.82. The van der Waals surface area contributed by atoms with E-state index in [2.05, 4.69) is 12.2 Å². The van der Waals surface area contributed by atoms with Crippen LogP contribution in [0.2, 0.25) is 0 Å². The maximum absolute atomic E-state index is 5.78. The predicted molar refractivity (Wildman–Crippen MR) is 71.9 cm³/mol. The zero-order valence-corrected chi connectivity index (χ0v) is 10.3. The Morgan fingerprint density at radius 3 is 2.59 bits per heavy atom. The predicted octanol–water partition coefficient (Wildman–Crippen LogP) is 2.08. The molecule has 1 aliphatic rings. The third-order valence-electron chi connectivity index (χ3n) is 3.51. The molecule has 5 N–H and O–H groups in total. The van der Waals surface area contributed by atoms with Crippen LogP contribution in [0.25, 0.3) is 0 Å². The maximum Gasteiger partial charge on any atom is 0.0568 e. The summed E-state index contributed by atoms with van der Waals surface area (Å²) in [5, 5.41) is 3.43. The molecule has 0 bridgehead atoms.